The summed E-state index contributed by atoms with van der Waals surface area (Å²) in [6, 6.07) is 9.64. The molecule has 1 aromatic carbocycles. The average molecular weight is 244 g/mol. The molecule has 0 radical (unpaired) electrons. The molecule has 0 fully saturated rings. The smallest absolute Gasteiger partial charge is 0.161 e. The topological polar surface area (TPSA) is 43.4 Å². The standard InChI is InChI=1S/C14H16N2O2/c1-15-11-5-4-8-16-14(11)10-6-7-12(17-2)13(9-10)18-3/h4-9,15H,1-3H3. The van der Waals surface area contributed by atoms with Crippen molar-refractivity contribution in [1.29, 1.82) is 0 Å². The molecule has 1 N–H and O–H groups in total. The molecule has 0 amide bonds. The molecule has 1 heterocycles. The fourth-order valence-corrected chi connectivity index (χ4v) is 1.82. The lowest BCUT2D eigenvalue weighted by Crippen LogP contribution is -1.95. The summed E-state index contributed by atoms with van der Waals surface area (Å²) < 4.78 is 10.5. The van der Waals surface area contributed by atoms with E-state index in [0.29, 0.717) is 11.5 Å². The Morgan fingerprint density at radius 1 is 1.06 bits per heavy atom. The van der Waals surface area contributed by atoms with Crippen LogP contribution in [-0.2, 0) is 0 Å². The predicted molar refractivity (Wildman–Crippen MR) is 72.3 cm³/mol. The summed E-state index contributed by atoms with van der Waals surface area (Å²) in [7, 11) is 5.12. The number of hydrogen-bond acceptors (Lipinski definition) is 4. The van der Waals surface area contributed by atoms with Crippen LogP contribution in [0, 0.1) is 0 Å². The molecule has 4 heteroatoms. The van der Waals surface area contributed by atoms with Gasteiger partial charge in [0.15, 0.2) is 11.5 Å². The third kappa shape index (κ3) is 2.22. The van der Waals surface area contributed by atoms with Gasteiger partial charge in [0.05, 0.1) is 25.6 Å². The fourth-order valence-electron chi connectivity index (χ4n) is 1.82. The first-order valence-corrected chi connectivity index (χ1v) is 5.65. The van der Waals surface area contributed by atoms with Gasteiger partial charge in [-0.05, 0) is 30.3 Å². The Balaban J connectivity index is 2.51. The van der Waals surface area contributed by atoms with Gasteiger partial charge >= 0.3 is 0 Å². The van der Waals surface area contributed by atoms with Gasteiger partial charge in [0.25, 0.3) is 0 Å². The molecule has 0 spiro atoms. The van der Waals surface area contributed by atoms with Crippen molar-refractivity contribution in [2.75, 3.05) is 26.6 Å². The van der Waals surface area contributed by atoms with Gasteiger partial charge in [-0.1, -0.05) is 0 Å². The number of methoxy groups -OCH3 is 2. The van der Waals surface area contributed by atoms with E-state index in [1.165, 1.54) is 0 Å². The van der Waals surface area contributed by atoms with E-state index in [1.807, 2.05) is 37.4 Å². The Morgan fingerprint density at radius 3 is 2.50 bits per heavy atom. The Hall–Kier alpha value is -2.23. The first-order valence-electron chi connectivity index (χ1n) is 5.65. The molecule has 18 heavy (non-hydrogen) atoms. The van der Waals surface area contributed by atoms with Crippen molar-refractivity contribution < 1.29 is 9.47 Å². The van der Waals surface area contributed by atoms with Gasteiger partial charge in [0.2, 0.25) is 0 Å². The first kappa shape index (κ1) is 12.2. The van der Waals surface area contributed by atoms with Crippen LogP contribution in [0.4, 0.5) is 5.69 Å². The average Bonchev–Trinajstić information content (AvgIpc) is 2.46. The molecular formula is C14H16N2O2. The Kier molecular flexibility index (Phi) is 3.67. The van der Waals surface area contributed by atoms with E-state index in [2.05, 4.69) is 10.3 Å². The summed E-state index contributed by atoms with van der Waals surface area (Å²) >= 11 is 0. The third-order valence-corrected chi connectivity index (χ3v) is 2.73. The van der Waals surface area contributed by atoms with E-state index < -0.39 is 0 Å². The molecule has 0 atom stereocenters. The lowest BCUT2D eigenvalue weighted by atomic mass is 10.1. The summed E-state index contributed by atoms with van der Waals surface area (Å²) in [5.74, 6) is 1.41. The maximum absolute atomic E-state index is 5.30. The van der Waals surface area contributed by atoms with Crippen LogP contribution in [0.5, 0.6) is 11.5 Å². The lowest BCUT2D eigenvalue weighted by molar-refractivity contribution is 0.355. The zero-order valence-electron chi connectivity index (χ0n) is 10.7. The van der Waals surface area contributed by atoms with Crippen molar-refractivity contribution in [2.45, 2.75) is 0 Å². The van der Waals surface area contributed by atoms with E-state index in [1.54, 1.807) is 20.4 Å². The second-order valence-electron chi connectivity index (χ2n) is 3.72. The molecule has 1 aromatic heterocycles. The van der Waals surface area contributed by atoms with Crippen molar-refractivity contribution in [2.24, 2.45) is 0 Å². The van der Waals surface area contributed by atoms with Crippen molar-refractivity contribution in [3.05, 3.63) is 36.5 Å². The fraction of sp³-hybridized carbons (Fsp3) is 0.214. The Labute approximate surface area is 107 Å². The highest BCUT2D eigenvalue weighted by Crippen LogP contribution is 2.33. The minimum absolute atomic E-state index is 0.697. The minimum Gasteiger partial charge on any atom is -0.493 e. The molecule has 0 saturated heterocycles. The number of anilines is 1. The second-order valence-corrected chi connectivity index (χ2v) is 3.72. The molecule has 2 rings (SSSR count). The zero-order valence-corrected chi connectivity index (χ0v) is 10.7. The third-order valence-electron chi connectivity index (χ3n) is 2.73. The SMILES string of the molecule is CNc1cccnc1-c1ccc(OC)c(OC)c1. The van der Waals surface area contributed by atoms with E-state index >= 15 is 0 Å². The summed E-state index contributed by atoms with van der Waals surface area (Å²) in [4.78, 5) is 4.39. The van der Waals surface area contributed by atoms with Gasteiger partial charge < -0.3 is 14.8 Å². The van der Waals surface area contributed by atoms with E-state index in [9.17, 15) is 0 Å². The van der Waals surface area contributed by atoms with Crippen molar-refractivity contribution in [1.82, 2.24) is 4.98 Å². The van der Waals surface area contributed by atoms with Gasteiger partial charge in [-0.2, -0.15) is 0 Å². The summed E-state index contributed by atoms with van der Waals surface area (Å²) in [5.41, 5.74) is 2.85. The summed E-state index contributed by atoms with van der Waals surface area (Å²) in [5, 5.41) is 3.13. The highest BCUT2D eigenvalue weighted by molar-refractivity contribution is 5.75. The molecule has 94 valence electrons. The van der Waals surface area contributed by atoms with Gasteiger partial charge in [0.1, 0.15) is 0 Å². The van der Waals surface area contributed by atoms with E-state index in [-0.39, 0.29) is 0 Å². The molecule has 2 aromatic rings. The van der Waals surface area contributed by atoms with Crippen LogP contribution in [0.3, 0.4) is 0 Å². The van der Waals surface area contributed by atoms with Crippen molar-refractivity contribution >= 4 is 5.69 Å². The summed E-state index contributed by atoms with van der Waals surface area (Å²) in [6.45, 7) is 0. The second kappa shape index (κ2) is 5.40. The maximum Gasteiger partial charge on any atom is 0.161 e. The summed E-state index contributed by atoms with van der Waals surface area (Å²) in [6.07, 6.45) is 1.77. The minimum atomic E-state index is 0.697. The molecule has 0 saturated carbocycles. The number of ether oxygens (including phenoxy) is 2. The van der Waals surface area contributed by atoms with Gasteiger partial charge in [-0.3, -0.25) is 4.98 Å². The number of rotatable bonds is 4. The highest BCUT2D eigenvalue weighted by atomic mass is 16.5. The maximum atomic E-state index is 5.30. The van der Waals surface area contributed by atoms with Crippen LogP contribution < -0.4 is 14.8 Å². The number of pyridine rings is 1. The van der Waals surface area contributed by atoms with Gasteiger partial charge in [-0.15, -0.1) is 0 Å². The zero-order chi connectivity index (χ0) is 13.0. The molecule has 0 unspecified atom stereocenters. The van der Waals surface area contributed by atoms with Crippen LogP contribution >= 0.6 is 0 Å². The molecule has 0 bridgehead atoms. The number of nitrogens with one attached hydrogen (secondary N) is 1. The van der Waals surface area contributed by atoms with Gasteiger partial charge in [-0.25, -0.2) is 0 Å². The Bertz CT molecular complexity index is 541. The van der Waals surface area contributed by atoms with E-state index in [0.717, 1.165) is 16.9 Å². The lowest BCUT2D eigenvalue weighted by Gasteiger charge is -2.11. The molecular weight excluding hydrogens is 228 g/mol. The number of aromatic nitrogens is 1. The number of nitrogens with zero attached hydrogens (tertiary/aromatic N) is 1. The molecule has 0 aliphatic rings. The van der Waals surface area contributed by atoms with Crippen LogP contribution in [0.25, 0.3) is 11.3 Å². The molecule has 4 nitrogen and oxygen atoms in total. The van der Waals surface area contributed by atoms with Gasteiger partial charge in [0, 0.05) is 18.8 Å². The Morgan fingerprint density at radius 2 is 1.83 bits per heavy atom. The van der Waals surface area contributed by atoms with Crippen LogP contribution in [0.1, 0.15) is 0 Å². The van der Waals surface area contributed by atoms with Crippen LogP contribution in [0.15, 0.2) is 36.5 Å². The monoisotopic (exact) mass is 244 g/mol. The number of hydrogen-bond donors (Lipinski definition) is 1. The van der Waals surface area contributed by atoms with Crippen LogP contribution in [-0.4, -0.2) is 26.3 Å². The van der Waals surface area contributed by atoms with E-state index in [4.69, 9.17) is 9.47 Å². The van der Waals surface area contributed by atoms with Crippen molar-refractivity contribution in [3.63, 3.8) is 0 Å². The van der Waals surface area contributed by atoms with Crippen LogP contribution in [0.2, 0.25) is 0 Å². The molecule has 0 aliphatic heterocycles. The largest absolute Gasteiger partial charge is 0.493 e. The quantitative estimate of drug-likeness (QED) is 0.898. The normalized spacial score (nSPS) is 9.94. The predicted octanol–water partition coefficient (Wildman–Crippen LogP) is 2.81. The molecule has 0 aliphatic carbocycles. The highest BCUT2D eigenvalue weighted by Gasteiger charge is 2.09. The first-order chi connectivity index (χ1) is 8.80. The van der Waals surface area contributed by atoms with Crippen molar-refractivity contribution in [3.8, 4) is 22.8 Å². The number of benzene rings is 1.